The molecule has 24 heavy (non-hydrogen) atoms. The fourth-order valence-corrected chi connectivity index (χ4v) is 3.05. The number of sulfonamides is 1. The largest absolute Gasteiger partial charge is 0.450 e. The zero-order chi connectivity index (χ0) is 17.0. The van der Waals surface area contributed by atoms with Gasteiger partial charge >= 0.3 is 0 Å². The molecule has 3 rings (SSSR count). The highest BCUT2D eigenvalue weighted by Gasteiger charge is 2.22. The van der Waals surface area contributed by atoms with Crippen molar-refractivity contribution in [1.82, 2.24) is 4.98 Å². The van der Waals surface area contributed by atoms with E-state index in [-0.39, 0.29) is 11.3 Å². The van der Waals surface area contributed by atoms with Crippen LogP contribution in [0.1, 0.15) is 5.56 Å². The number of furan rings is 1. The minimum Gasteiger partial charge on any atom is -0.450 e. The number of nitrogens with zero attached hydrogens (tertiary/aromatic N) is 2. The average Bonchev–Trinajstić information content (AvgIpc) is 3.05. The standard InChI is InChI=1S/C16H11N3O4S/c17-11-12-7-9-22-16(12)24(20,21)19-13-4-3-5-14(10-13)23-15-6-1-2-8-18-15/h1-10,19H. The Bertz CT molecular complexity index is 991. The summed E-state index contributed by atoms with van der Waals surface area (Å²) in [6.07, 6.45) is 2.73. The van der Waals surface area contributed by atoms with E-state index in [4.69, 9.17) is 14.4 Å². The van der Waals surface area contributed by atoms with E-state index in [2.05, 4.69) is 9.71 Å². The minimum atomic E-state index is -4.01. The Labute approximate surface area is 138 Å². The van der Waals surface area contributed by atoms with E-state index in [1.165, 1.54) is 12.1 Å². The molecule has 1 N–H and O–H groups in total. The van der Waals surface area contributed by atoms with Crippen LogP contribution >= 0.6 is 0 Å². The summed E-state index contributed by atoms with van der Waals surface area (Å²) in [6.45, 7) is 0. The van der Waals surface area contributed by atoms with Gasteiger partial charge in [-0.05, 0) is 24.3 Å². The maximum atomic E-state index is 12.3. The second kappa shape index (κ2) is 6.44. The molecular formula is C16H11N3O4S. The van der Waals surface area contributed by atoms with Crippen LogP contribution in [0.25, 0.3) is 0 Å². The van der Waals surface area contributed by atoms with Gasteiger partial charge in [0.15, 0.2) is 0 Å². The molecule has 0 fully saturated rings. The van der Waals surface area contributed by atoms with E-state index < -0.39 is 15.1 Å². The molecule has 120 valence electrons. The Morgan fingerprint density at radius 1 is 1.17 bits per heavy atom. The van der Waals surface area contributed by atoms with Gasteiger partial charge in [-0.15, -0.1) is 0 Å². The molecule has 0 radical (unpaired) electrons. The molecule has 0 aliphatic rings. The van der Waals surface area contributed by atoms with Gasteiger partial charge in [0, 0.05) is 18.3 Å². The first kappa shape index (κ1) is 15.6. The van der Waals surface area contributed by atoms with Crippen molar-refractivity contribution >= 4 is 15.7 Å². The van der Waals surface area contributed by atoms with E-state index in [9.17, 15) is 8.42 Å². The predicted octanol–water partition coefficient (Wildman–Crippen LogP) is 3.14. The van der Waals surface area contributed by atoms with Gasteiger partial charge in [-0.25, -0.2) is 4.98 Å². The fourth-order valence-electron chi connectivity index (χ4n) is 1.94. The third-order valence-corrected chi connectivity index (χ3v) is 4.25. The van der Waals surface area contributed by atoms with E-state index in [0.717, 1.165) is 6.26 Å². The summed E-state index contributed by atoms with van der Waals surface area (Å²) in [7, 11) is -4.01. The van der Waals surface area contributed by atoms with Gasteiger partial charge in [0.1, 0.15) is 17.4 Å². The maximum absolute atomic E-state index is 12.3. The summed E-state index contributed by atoms with van der Waals surface area (Å²) in [5, 5.41) is 8.49. The maximum Gasteiger partial charge on any atom is 0.296 e. The van der Waals surface area contributed by atoms with Crippen molar-refractivity contribution in [3.8, 4) is 17.7 Å². The van der Waals surface area contributed by atoms with Crippen LogP contribution in [0, 0.1) is 11.3 Å². The lowest BCUT2D eigenvalue weighted by molar-refractivity contribution is 0.450. The monoisotopic (exact) mass is 341 g/mol. The molecule has 0 bridgehead atoms. The molecule has 2 aromatic heterocycles. The van der Waals surface area contributed by atoms with Crippen molar-refractivity contribution in [2.45, 2.75) is 5.09 Å². The molecule has 2 heterocycles. The molecule has 0 aliphatic carbocycles. The molecule has 0 saturated heterocycles. The normalized spacial score (nSPS) is 10.8. The first-order valence-electron chi connectivity index (χ1n) is 6.78. The van der Waals surface area contributed by atoms with Crippen LogP contribution in [-0.2, 0) is 10.0 Å². The van der Waals surface area contributed by atoms with Crippen molar-refractivity contribution < 1.29 is 17.6 Å². The number of hydrogen-bond acceptors (Lipinski definition) is 6. The number of nitrogens with one attached hydrogen (secondary N) is 1. The molecule has 0 unspecified atom stereocenters. The summed E-state index contributed by atoms with van der Waals surface area (Å²) >= 11 is 0. The zero-order valence-corrected chi connectivity index (χ0v) is 13.0. The first-order valence-corrected chi connectivity index (χ1v) is 8.26. The van der Waals surface area contributed by atoms with Crippen LogP contribution in [0.2, 0.25) is 0 Å². The summed E-state index contributed by atoms with van der Waals surface area (Å²) in [6, 6.07) is 14.6. The lowest BCUT2D eigenvalue weighted by atomic mass is 10.3. The smallest absolute Gasteiger partial charge is 0.296 e. The zero-order valence-electron chi connectivity index (χ0n) is 12.2. The number of pyridine rings is 1. The van der Waals surface area contributed by atoms with Crippen molar-refractivity contribution in [1.29, 1.82) is 5.26 Å². The molecular weight excluding hydrogens is 330 g/mol. The summed E-state index contributed by atoms with van der Waals surface area (Å²) in [4.78, 5) is 4.03. The molecule has 0 saturated carbocycles. The number of ether oxygens (including phenoxy) is 1. The lowest BCUT2D eigenvalue weighted by Gasteiger charge is -2.09. The van der Waals surface area contributed by atoms with Gasteiger partial charge in [0.2, 0.25) is 5.88 Å². The lowest BCUT2D eigenvalue weighted by Crippen LogP contribution is -2.13. The molecule has 1 aromatic carbocycles. The molecule has 0 spiro atoms. The van der Waals surface area contributed by atoms with Gasteiger partial charge in [0.25, 0.3) is 15.1 Å². The predicted molar refractivity (Wildman–Crippen MR) is 85.0 cm³/mol. The van der Waals surface area contributed by atoms with E-state index in [1.54, 1.807) is 48.7 Å². The van der Waals surface area contributed by atoms with Crippen molar-refractivity contribution in [2.75, 3.05) is 4.72 Å². The second-order valence-electron chi connectivity index (χ2n) is 4.64. The number of hydrogen-bond donors (Lipinski definition) is 1. The number of anilines is 1. The number of benzene rings is 1. The number of rotatable bonds is 5. The van der Waals surface area contributed by atoms with Crippen molar-refractivity contribution in [2.24, 2.45) is 0 Å². The van der Waals surface area contributed by atoms with Crippen molar-refractivity contribution in [3.05, 3.63) is 66.6 Å². The summed E-state index contributed by atoms with van der Waals surface area (Å²) in [5.74, 6) is 0.796. The van der Waals surface area contributed by atoms with Crippen LogP contribution in [0.15, 0.2) is 70.5 Å². The minimum absolute atomic E-state index is 0.0663. The molecule has 8 heteroatoms. The van der Waals surface area contributed by atoms with Crippen LogP contribution in [-0.4, -0.2) is 13.4 Å². The molecule has 7 nitrogen and oxygen atoms in total. The molecule has 0 aliphatic heterocycles. The molecule has 3 aromatic rings. The van der Waals surface area contributed by atoms with Gasteiger partial charge in [0.05, 0.1) is 12.0 Å². The summed E-state index contributed by atoms with van der Waals surface area (Å²) < 4.78 is 37.4. The second-order valence-corrected chi connectivity index (χ2v) is 6.22. The Hall–Kier alpha value is -3.31. The van der Waals surface area contributed by atoms with Crippen LogP contribution in [0.5, 0.6) is 11.6 Å². The first-order chi connectivity index (χ1) is 11.6. The third-order valence-electron chi connectivity index (χ3n) is 2.94. The number of nitriles is 1. The Balaban J connectivity index is 1.83. The van der Waals surface area contributed by atoms with Gasteiger partial charge in [-0.1, -0.05) is 12.1 Å². The number of aromatic nitrogens is 1. The highest BCUT2D eigenvalue weighted by Crippen LogP contribution is 2.25. The van der Waals surface area contributed by atoms with Crippen LogP contribution in [0.4, 0.5) is 5.69 Å². The molecule has 0 amide bonds. The Morgan fingerprint density at radius 2 is 2.04 bits per heavy atom. The van der Waals surface area contributed by atoms with Gasteiger partial charge in [-0.3, -0.25) is 4.72 Å². The Morgan fingerprint density at radius 3 is 2.79 bits per heavy atom. The van der Waals surface area contributed by atoms with Gasteiger partial charge < -0.3 is 9.15 Å². The topological polar surface area (TPSA) is 105 Å². The fraction of sp³-hybridized carbons (Fsp3) is 0. The SMILES string of the molecule is N#Cc1ccoc1S(=O)(=O)Nc1cccc(Oc2ccccn2)c1. The highest BCUT2D eigenvalue weighted by molar-refractivity contribution is 7.92. The van der Waals surface area contributed by atoms with E-state index in [1.807, 2.05) is 0 Å². The Kier molecular flexibility index (Phi) is 4.18. The van der Waals surface area contributed by atoms with Crippen LogP contribution in [0.3, 0.4) is 0 Å². The molecule has 0 atom stereocenters. The van der Waals surface area contributed by atoms with Gasteiger partial charge in [-0.2, -0.15) is 13.7 Å². The summed E-state index contributed by atoms with van der Waals surface area (Å²) in [5.41, 5.74) is 0.201. The quantitative estimate of drug-likeness (QED) is 0.764. The van der Waals surface area contributed by atoms with Crippen molar-refractivity contribution in [3.63, 3.8) is 0 Å². The van der Waals surface area contributed by atoms with E-state index in [0.29, 0.717) is 11.6 Å². The third kappa shape index (κ3) is 3.37. The highest BCUT2D eigenvalue weighted by atomic mass is 32.2. The van der Waals surface area contributed by atoms with Crippen LogP contribution < -0.4 is 9.46 Å². The average molecular weight is 341 g/mol. The van der Waals surface area contributed by atoms with E-state index >= 15 is 0 Å².